The molecule has 0 atom stereocenters. The van der Waals surface area contributed by atoms with E-state index in [1.807, 2.05) is 6.07 Å². The van der Waals surface area contributed by atoms with Crippen molar-refractivity contribution in [3.8, 4) is 11.5 Å². The predicted octanol–water partition coefficient (Wildman–Crippen LogP) is 3.95. The van der Waals surface area contributed by atoms with Crippen LogP contribution in [0.15, 0.2) is 28.7 Å². The van der Waals surface area contributed by atoms with Gasteiger partial charge < -0.3 is 19.7 Å². The number of hydrogen-bond donors (Lipinski definition) is 1. The molecule has 5 rings (SSSR count). The first-order chi connectivity index (χ1) is 15.0. The van der Waals surface area contributed by atoms with Gasteiger partial charge in [-0.2, -0.15) is 0 Å². The molecule has 0 saturated carbocycles. The fourth-order valence-electron chi connectivity index (χ4n) is 4.36. The van der Waals surface area contributed by atoms with Crippen molar-refractivity contribution in [3.63, 3.8) is 0 Å². The third kappa shape index (κ3) is 3.89. The smallest absolute Gasteiger partial charge is 0.262 e. The number of nitrogens with zero attached hydrogens (tertiary/aromatic N) is 1. The molecule has 1 aliphatic carbocycles. The second kappa shape index (κ2) is 8.15. The zero-order valence-electron chi connectivity index (χ0n) is 16.9. The number of carbonyl (C=O) groups excluding carboxylic acids is 2. The molecule has 2 heterocycles. The van der Waals surface area contributed by atoms with Crippen LogP contribution in [0.1, 0.15) is 34.3 Å². The first-order valence-electron chi connectivity index (χ1n) is 10.5. The summed E-state index contributed by atoms with van der Waals surface area (Å²) in [5, 5.41) is 2.61. The standard InChI is InChI=1S/C23H22BrFN2O4/c24-22-15-4-2-1-3-14(15)5-6-19(22)30-11-13-9-27(10-13)23(29)16-7-18-20(8-17(16)25)31-12-21(28)26-18/h5-8,13H,1-4,9-12H2,(H,26,28). The van der Waals surface area contributed by atoms with Crippen LogP contribution < -0.4 is 14.8 Å². The number of fused-ring (bicyclic) bond motifs is 2. The van der Waals surface area contributed by atoms with Gasteiger partial charge in [0, 0.05) is 25.1 Å². The van der Waals surface area contributed by atoms with Gasteiger partial charge in [0.1, 0.15) is 17.3 Å². The molecule has 1 saturated heterocycles. The van der Waals surface area contributed by atoms with E-state index in [0.29, 0.717) is 25.4 Å². The summed E-state index contributed by atoms with van der Waals surface area (Å²) in [6.45, 7) is 1.34. The maximum atomic E-state index is 14.4. The van der Waals surface area contributed by atoms with Crippen molar-refractivity contribution in [3.05, 3.63) is 51.2 Å². The Kier molecular flexibility index (Phi) is 5.33. The lowest BCUT2D eigenvalue weighted by Gasteiger charge is -2.39. The molecule has 2 aliphatic heterocycles. The van der Waals surface area contributed by atoms with Crippen LogP contribution in [0.3, 0.4) is 0 Å². The van der Waals surface area contributed by atoms with Gasteiger partial charge in [0.05, 0.1) is 22.3 Å². The second-order valence-electron chi connectivity index (χ2n) is 8.27. The second-order valence-corrected chi connectivity index (χ2v) is 9.07. The molecule has 2 amide bonds. The van der Waals surface area contributed by atoms with Gasteiger partial charge in [-0.25, -0.2) is 4.39 Å². The fourth-order valence-corrected chi connectivity index (χ4v) is 5.06. The van der Waals surface area contributed by atoms with Gasteiger partial charge in [0.25, 0.3) is 11.8 Å². The highest BCUT2D eigenvalue weighted by Gasteiger charge is 2.34. The Morgan fingerprint density at radius 3 is 2.90 bits per heavy atom. The molecule has 2 aromatic rings. The summed E-state index contributed by atoms with van der Waals surface area (Å²) in [6, 6.07) is 6.65. The number of ether oxygens (including phenoxy) is 2. The number of amides is 2. The molecule has 8 heteroatoms. The number of halogens is 2. The molecule has 1 N–H and O–H groups in total. The van der Waals surface area contributed by atoms with Crippen molar-refractivity contribution in [1.82, 2.24) is 4.90 Å². The van der Waals surface area contributed by atoms with E-state index in [2.05, 4.69) is 27.3 Å². The highest BCUT2D eigenvalue weighted by atomic mass is 79.9. The van der Waals surface area contributed by atoms with Gasteiger partial charge in [-0.1, -0.05) is 6.07 Å². The monoisotopic (exact) mass is 488 g/mol. The fraction of sp³-hybridized carbons (Fsp3) is 0.391. The zero-order valence-corrected chi connectivity index (χ0v) is 18.5. The summed E-state index contributed by atoms with van der Waals surface area (Å²) in [5.74, 6) is -0.118. The molecular weight excluding hydrogens is 467 g/mol. The van der Waals surface area contributed by atoms with Crippen LogP contribution in [0.25, 0.3) is 0 Å². The number of rotatable bonds is 4. The topological polar surface area (TPSA) is 67.9 Å². The van der Waals surface area contributed by atoms with E-state index in [0.717, 1.165) is 29.1 Å². The number of aryl methyl sites for hydroxylation is 1. The average Bonchev–Trinajstić information content (AvgIpc) is 2.74. The quantitative estimate of drug-likeness (QED) is 0.707. The lowest BCUT2D eigenvalue weighted by atomic mass is 9.91. The lowest BCUT2D eigenvalue weighted by Crippen LogP contribution is -2.52. The minimum absolute atomic E-state index is 0.0682. The number of benzene rings is 2. The van der Waals surface area contributed by atoms with Crippen molar-refractivity contribution in [2.24, 2.45) is 5.92 Å². The molecule has 1 fully saturated rings. The molecule has 0 unspecified atom stereocenters. The highest BCUT2D eigenvalue weighted by molar-refractivity contribution is 9.10. The van der Waals surface area contributed by atoms with Gasteiger partial charge in [0.15, 0.2) is 6.61 Å². The molecule has 3 aliphatic rings. The Balaban J connectivity index is 1.19. The molecule has 0 radical (unpaired) electrons. The van der Waals surface area contributed by atoms with E-state index < -0.39 is 11.7 Å². The van der Waals surface area contributed by atoms with E-state index >= 15 is 0 Å². The summed E-state index contributed by atoms with van der Waals surface area (Å²) in [5.41, 5.74) is 2.98. The average molecular weight is 489 g/mol. The van der Waals surface area contributed by atoms with Gasteiger partial charge in [-0.3, -0.25) is 9.59 Å². The van der Waals surface area contributed by atoms with Gasteiger partial charge in [0.2, 0.25) is 0 Å². The third-order valence-electron chi connectivity index (χ3n) is 6.08. The van der Waals surface area contributed by atoms with E-state index in [1.54, 1.807) is 4.90 Å². The Hall–Kier alpha value is -2.61. The van der Waals surface area contributed by atoms with E-state index in [4.69, 9.17) is 9.47 Å². The van der Waals surface area contributed by atoms with Crippen molar-refractivity contribution in [2.45, 2.75) is 25.7 Å². The van der Waals surface area contributed by atoms with Gasteiger partial charge >= 0.3 is 0 Å². The number of hydrogen-bond acceptors (Lipinski definition) is 4. The number of anilines is 1. The van der Waals surface area contributed by atoms with Crippen LogP contribution in [-0.2, 0) is 17.6 Å². The van der Waals surface area contributed by atoms with Crippen LogP contribution in [0.4, 0.5) is 10.1 Å². The highest BCUT2D eigenvalue weighted by Crippen LogP contribution is 2.36. The van der Waals surface area contributed by atoms with E-state index in [1.165, 1.54) is 30.0 Å². The molecule has 31 heavy (non-hydrogen) atoms. The van der Waals surface area contributed by atoms with Crippen LogP contribution >= 0.6 is 15.9 Å². The van der Waals surface area contributed by atoms with Crippen molar-refractivity contribution in [2.75, 3.05) is 31.6 Å². The van der Waals surface area contributed by atoms with Crippen LogP contribution in [0.5, 0.6) is 11.5 Å². The van der Waals surface area contributed by atoms with Crippen molar-refractivity contribution in [1.29, 1.82) is 0 Å². The maximum Gasteiger partial charge on any atom is 0.262 e. The van der Waals surface area contributed by atoms with E-state index in [-0.39, 0.29) is 29.7 Å². The molecule has 6 nitrogen and oxygen atoms in total. The minimum Gasteiger partial charge on any atom is -0.492 e. The van der Waals surface area contributed by atoms with Crippen molar-refractivity contribution < 1.29 is 23.5 Å². The lowest BCUT2D eigenvalue weighted by molar-refractivity contribution is -0.118. The third-order valence-corrected chi connectivity index (χ3v) is 6.95. The maximum absolute atomic E-state index is 14.4. The molecule has 162 valence electrons. The first kappa shape index (κ1) is 20.3. The largest absolute Gasteiger partial charge is 0.492 e. The Labute approximate surface area is 187 Å². The van der Waals surface area contributed by atoms with Crippen LogP contribution in [0, 0.1) is 11.7 Å². The Morgan fingerprint density at radius 2 is 2.06 bits per heavy atom. The summed E-state index contributed by atoms with van der Waals surface area (Å²) in [7, 11) is 0. The SMILES string of the molecule is O=C1COc2cc(F)c(C(=O)N3CC(COc4ccc5c(c4Br)CCCC5)C3)cc2N1. The Morgan fingerprint density at radius 1 is 1.26 bits per heavy atom. The molecule has 0 bridgehead atoms. The van der Waals surface area contributed by atoms with Crippen molar-refractivity contribution >= 4 is 33.4 Å². The summed E-state index contributed by atoms with van der Waals surface area (Å²) in [4.78, 5) is 25.8. The summed E-state index contributed by atoms with van der Waals surface area (Å²) in [6.07, 6.45) is 4.61. The molecule has 0 aromatic heterocycles. The molecule has 2 aromatic carbocycles. The summed E-state index contributed by atoms with van der Waals surface area (Å²) < 4.78 is 26.7. The normalized spacial score (nSPS) is 17.7. The number of carbonyl (C=O) groups is 2. The van der Waals surface area contributed by atoms with Crippen LogP contribution in [0.2, 0.25) is 0 Å². The summed E-state index contributed by atoms with van der Waals surface area (Å²) >= 11 is 3.69. The van der Waals surface area contributed by atoms with Gasteiger partial charge in [-0.15, -0.1) is 0 Å². The predicted molar refractivity (Wildman–Crippen MR) is 116 cm³/mol. The zero-order chi connectivity index (χ0) is 21.5. The van der Waals surface area contributed by atoms with E-state index in [9.17, 15) is 14.0 Å². The molecule has 0 spiro atoms. The van der Waals surface area contributed by atoms with Gasteiger partial charge in [-0.05, 0) is 64.9 Å². The number of nitrogens with one attached hydrogen (secondary N) is 1. The molecular formula is C23H22BrFN2O4. The number of likely N-dealkylation sites (tertiary alicyclic amines) is 1. The first-order valence-corrected chi connectivity index (χ1v) is 11.3. The minimum atomic E-state index is -0.655. The Bertz CT molecular complexity index is 1070. The van der Waals surface area contributed by atoms with Crippen LogP contribution in [-0.4, -0.2) is 43.0 Å².